The van der Waals surface area contributed by atoms with E-state index in [1.807, 2.05) is 36.0 Å². The Bertz CT molecular complexity index is 674. The number of hydrogen-bond acceptors (Lipinski definition) is 4. The third kappa shape index (κ3) is 4.88. The molecular formula is C14H15BrN4O2S. The topological polar surface area (TPSA) is 76.0 Å². The van der Waals surface area contributed by atoms with Crippen molar-refractivity contribution < 1.29 is 9.59 Å². The molecule has 0 spiro atoms. The van der Waals surface area contributed by atoms with E-state index >= 15 is 0 Å². The average Bonchev–Trinajstić information content (AvgIpc) is 2.91. The molecule has 0 saturated heterocycles. The van der Waals surface area contributed by atoms with Crippen molar-refractivity contribution in [1.29, 1.82) is 0 Å². The van der Waals surface area contributed by atoms with Gasteiger partial charge in [0.2, 0.25) is 11.8 Å². The minimum absolute atomic E-state index is 0.0682. The number of benzene rings is 1. The van der Waals surface area contributed by atoms with Gasteiger partial charge in [0.25, 0.3) is 0 Å². The van der Waals surface area contributed by atoms with E-state index in [1.54, 1.807) is 12.3 Å². The maximum atomic E-state index is 11.8. The minimum Gasteiger partial charge on any atom is -0.346 e. The maximum Gasteiger partial charge on any atom is 0.243 e. The first-order chi connectivity index (χ1) is 10.6. The van der Waals surface area contributed by atoms with Gasteiger partial charge in [-0.3, -0.25) is 9.59 Å². The number of aryl methyl sites for hydroxylation is 1. The highest BCUT2D eigenvalue weighted by Gasteiger charge is 2.09. The van der Waals surface area contributed by atoms with Crippen molar-refractivity contribution in [1.82, 2.24) is 14.9 Å². The highest BCUT2D eigenvalue weighted by molar-refractivity contribution is 9.10. The van der Waals surface area contributed by atoms with Crippen molar-refractivity contribution in [2.45, 2.75) is 5.16 Å². The van der Waals surface area contributed by atoms with Crippen LogP contribution >= 0.6 is 27.7 Å². The molecule has 2 rings (SSSR count). The monoisotopic (exact) mass is 382 g/mol. The van der Waals surface area contributed by atoms with Gasteiger partial charge in [0.15, 0.2) is 5.16 Å². The van der Waals surface area contributed by atoms with E-state index in [2.05, 4.69) is 31.5 Å². The largest absolute Gasteiger partial charge is 0.346 e. The molecule has 6 nitrogen and oxygen atoms in total. The second-order valence-corrected chi connectivity index (χ2v) is 6.21. The fourth-order valence-corrected chi connectivity index (χ4v) is 2.75. The summed E-state index contributed by atoms with van der Waals surface area (Å²) in [4.78, 5) is 27.6. The lowest BCUT2D eigenvalue weighted by Gasteiger charge is -2.08. The third-order valence-corrected chi connectivity index (χ3v) is 4.45. The SMILES string of the molecule is Cn1ccnc1SCC(=O)NCC(=O)Nc1ccccc1Br. The number of imidazole rings is 1. The van der Waals surface area contributed by atoms with Crippen LogP contribution in [0.25, 0.3) is 0 Å². The Balaban J connectivity index is 1.73. The number of nitrogens with zero attached hydrogens (tertiary/aromatic N) is 2. The molecule has 1 heterocycles. The van der Waals surface area contributed by atoms with Crippen LogP contribution < -0.4 is 10.6 Å². The summed E-state index contributed by atoms with van der Waals surface area (Å²) in [5.41, 5.74) is 0.670. The van der Waals surface area contributed by atoms with Crippen LogP contribution in [0.3, 0.4) is 0 Å². The Kier molecular flexibility index (Phi) is 6.02. The summed E-state index contributed by atoms with van der Waals surface area (Å²) in [6.07, 6.45) is 3.48. The normalized spacial score (nSPS) is 10.3. The van der Waals surface area contributed by atoms with Crippen molar-refractivity contribution in [2.75, 3.05) is 17.6 Å². The molecule has 8 heteroatoms. The van der Waals surface area contributed by atoms with Crippen LogP contribution in [0.15, 0.2) is 46.3 Å². The zero-order valence-electron chi connectivity index (χ0n) is 11.9. The molecule has 2 N–H and O–H groups in total. The molecule has 0 bridgehead atoms. The molecule has 22 heavy (non-hydrogen) atoms. The van der Waals surface area contributed by atoms with Crippen molar-refractivity contribution in [3.63, 3.8) is 0 Å². The molecule has 0 fully saturated rings. The Hall–Kier alpha value is -1.80. The molecule has 1 aromatic carbocycles. The summed E-state index contributed by atoms with van der Waals surface area (Å²) in [5, 5.41) is 6.06. The van der Waals surface area contributed by atoms with E-state index in [0.29, 0.717) is 5.69 Å². The van der Waals surface area contributed by atoms with Gasteiger partial charge in [0.1, 0.15) is 0 Å². The molecule has 2 aromatic rings. The Morgan fingerprint density at radius 2 is 2.09 bits per heavy atom. The summed E-state index contributed by atoms with van der Waals surface area (Å²) < 4.78 is 2.62. The van der Waals surface area contributed by atoms with E-state index < -0.39 is 0 Å². The van der Waals surface area contributed by atoms with Gasteiger partial charge >= 0.3 is 0 Å². The van der Waals surface area contributed by atoms with Crippen molar-refractivity contribution in [3.05, 3.63) is 41.1 Å². The number of halogens is 1. The number of amides is 2. The lowest BCUT2D eigenvalue weighted by molar-refractivity contribution is -0.122. The number of hydrogen-bond donors (Lipinski definition) is 2. The van der Waals surface area contributed by atoms with E-state index in [-0.39, 0.29) is 24.1 Å². The summed E-state index contributed by atoms with van der Waals surface area (Å²) in [6.45, 7) is -0.0682. The summed E-state index contributed by atoms with van der Waals surface area (Å²) in [5.74, 6) is -0.273. The van der Waals surface area contributed by atoms with Crippen LogP contribution in [-0.2, 0) is 16.6 Å². The van der Waals surface area contributed by atoms with Gasteiger partial charge in [-0.05, 0) is 28.1 Å². The molecule has 0 unspecified atom stereocenters. The fraction of sp³-hybridized carbons (Fsp3) is 0.214. The molecule has 0 radical (unpaired) electrons. The van der Waals surface area contributed by atoms with Crippen LogP contribution in [0.1, 0.15) is 0 Å². The van der Waals surface area contributed by atoms with Gasteiger partial charge in [0.05, 0.1) is 18.0 Å². The molecule has 116 valence electrons. The first-order valence-corrected chi connectivity index (χ1v) is 8.25. The summed E-state index contributed by atoms with van der Waals surface area (Å²) in [6, 6.07) is 7.29. The maximum absolute atomic E-state index is 11.8. The van der Waals surface area contributed by atoms with Crippen LogP contribution in [0, 0.1) is 0 Å². The number of para-hydroxylation sites is 1. The Labute approximate surface area is 140 Å². The standard InChI is InChI=1S/C14H15BrN4O2S/c1-19-7-6-16-14(19)22-9-13(21)17-8-12(20)18-11-5-3-2-4-10(11)15/h2-7H,8-9H2,1H3,(H,17,21)(H,18,20). The summed E-state index contributed by atoms with van der Waals surface area (Å²) in [7, 11) is 1.86. The summed E-state index contributed by atoms with van der Waals surface area (Å²) >= 11 is 4.66. The lowest BCUT2D eigenvalue weighted by Crippen LogP contribution is -2.34. The molecule has 1 aromatic heterocycles. The van der Waals surface area contributed by atoms with Gasteiger partial charge in [-0.25, -0.2) is 4.98 Å². The number of anilines is 1. The number of thioether (sulfide) groups is 1. The fourth-order valence-electron chi connectivity index (χ4n) is 1.61. The molecule has 0 aliphatic rings. The lowest BCUT2D eigenvalue weighted by atomic mass is 10.3. The van der Waals surface area contributed by atoms with E-state index in [4.69, 9.17) is 0 Å². The average molecular weight is 383 g/mol. The van der Waals surface area contributed by atoms with Crippen molar-refractivity contribution >= 4 is 45.2 Å². The van der Waals surface area contributed by atoms with Gasteiger partial charge in [-0.2, -0.15) is 0 Å². The molecule has 0 aliphatic heterocycles. The van der Waals surface area contributed by atoms with E-state index in [1.165, 1.54) is 11.8 Å². The third-order valence-electron chi connectivity index (χ3n) is 2.70. The second-order valence-electron chi connectivity index (χ2n) is 4.41. The molecule has 2 amide bonds. The molecule has 0 saturated carbocycles. The quantitative estimate of drug-likeness (QED) is 0.749. The Morgan fingerprint density at radius 1 is 1.32 bits per heavy atom. The van der Waals surface area contributed by atoms with E-state index in [9.17, 15) is 9.59 Å². The first-order valence-electron chi connectivity index (χ1n) is 6.47. The highest BCUT2D eigenvalue weighted by Crippen LogP contribution is 2.20. The first kappa shape index (κ1) is 16.6. The smallest absolute Gasteiger partial charge is 0.243 e. The number of rotatable bonds is 6. The van der Waals surface area contributed by atoms with Crippen molar-refractivity contribution in [3.8, 4) is 0 Å². The Morgan fingerprint density at radius 3 is 2.77 bits per heavy atom. The predicted octanol–water partition coefficient (Wildman–Crippen LogP) is 2.03. The van der Waals surface area contributed by atoms with Gasteiger partial charge in [-0.15, -0.1) is 0 Å². The van der Waals surface area contributed by atoms with Crippen LogP contribution in [0.4, 0.5) is 5.69 Å². The van der Waals surface area contributed by atoms with Gasteiger partial charge in [0, 0.05) is 23.9 Å². The predicted molar refractivity (Wildman–Crippen MR) is 89.7 cm³/mol. The number of carbonyl (C=O) groups excluding carboxylic acids is 2. The van der Waals surface area contributed by atoms with Crippen LogP contribution in [0.2, 0.25) is 0 Å². The van der Waals surface area contributed by atoms with Crippen molar-refractivity contribution in [2.24, 2.45) is 7.05 Å². The van der Waals surface area contributed by atoms with Gasteiger partial charge in [-0.1, -0.05) is 23.9 Å². The number of nitrogens with one attached hydrogen (secondary N) is 2. The number of aromatic nitrogens is 2. The number of carbonyl (C=O) groups is 2. The van der Waals surface area contributed by atoms with E-state index in [0.717, 1.165) is 9.63 Å². The highest BCUT2D eigenvalue weighted by atomic mass is 79.9. The zero-order chi connectivity index (χ0) is 15.9. The minimum atomic E-state index is -0.276. The molecule has 0 atom stereocenters. The molecular weight excluding hydrogens is 368 g/mol. The zero-order valence-corrected chi connectivity index (χ0v) is 14.3. The van der Waals surface area contributed by atoms with Crippen LogP contribution in [-0.4, -0.2) is 33.7 Å². The van der Waals surface area contributed by atoms with Gasteiger partial charge < -0.3 is 15.2 Å². The van der Waals surface area contributed by atoms with Crippen LogP contribution in [0.5, 0.6) is 0 Å². The second kappa shape index (κ2) is 8.00. The molecule has 0 aliphatic carbocycles.